The summed E-state index contributed by atoms with van der Waals surface area (Å²) in [7, 11) is 0. The molecule has 2 fully saturated rings. The average Bonchev–Trinajstić information content (AvgIpc) is 2.47. The Bertz CT molecular complexity index is 175. The summed E-state index contributed by atoms with van der Waals surface area (Å²) in [6, 6.07) is 0. The second kappa shape index (κ2) is 3.56. The van der Waals surface area contributed by atoms with Crippen LogP contribution in [0.2, 0.25) is 0 Å². The molecule has 0 radical (unpaired) electrons. The first-order valence-corrected chi connectivity index (χ1v) is 5.21. The monoisotopic (exact) mass is 186 g/mol. The lowest BCUT2D eigenvalue weighted by Crippen LogP contribution is -2.43. The molecule has 0 bridgehead atoms. The van der Waals surface area contributed by atoms with E-state index >= 15 is 0 Å². The summed E-state index contributed by atoms with van der Waals surface area (Å²) in [5.41, 5.74) is -0.300. The van der Waals surface area contributed by atoms with E-state index in [4.69, 9.17) is 9.84 Å². The van der Waals surface area contributed by atoms with Crippen LogP contribution in [0.5, 0.6) is 0 Å². The molecule has 0 unspecified atom stereocenters. The maximum absolute atomic E-state index is 9.98. The van der Waals surface area contributed by atoms with Crippen molar-refractivity contribution in [2.45, 2.75) is 43.8 Å². The van der Waals surface area contributed by atoms with E-state index in [1.165, 1.54) is 6.42 Å². The molecule has 1 aliphatic heterocycles. The summed E-state index contributed by atoms with van der Waals surface area (Å²) >= 11 is 0. The quantitative estimate of drug-likeness (QED) is 0.633. The molecule has 1 saturated carbocycles. The van der Waals surface area contributed by atoms with Crippen LogP contribution in [0.4, 0.5) is 0 Å². The van der Waals surface area contributed by atoms with Crippen LogP contribution >= 0.6 is 0 Å². The van der Waals surface area contributed by atoms with Crippen LogP contribution in [0, 0.1) is 5.92 Å². The molecule has 1 heterocycles. The molecular weight excluding hydrogens is 168 g/mol. The van der Waals surface area contributed by atoms with Gasteiger partial charge in [0.1, 0.15) is 0 Å². The first-order chi connectivity index (χ1) is 6.28. The van der Waals surface area contributed by atoms with E-state index in [0.717, 1.165) is 25.7 Å². The molecule has 0 aromatic rings. The van der Waals surface area contributed by atoms with Crippen LogP contribution in [0.1, 0.15) is 32.1 Å². The van der Waals surface area contributed by atoms with E-state index in [1.807, 2.05) is 0 Å². The fourth-order valence-electron chi connectivity index (χ4n) is 2.62. The Balaban J connectivity index is 2.06. The van der Waals surface area contributed by atoms with Crippen molar-refractivity contribution in [2.75, 3.05) is 13.2 Å². The third-order valence-corrected chi connectivity index (χ3v) is 3.50. The van der Waals surface area contributed by atoms with Crippen molar-refractivity contribution in [2.24, 2.45) is 5.92 Å². The lowest BCUT2D eigenvalue weighted by atomic mass is 9.79. The Kier molecular flexibility index (Phi) is 2.58. The Morgan fingerprint density at radius 3 is 2.46 bits per heavy atom. The van der Waals surface area contributed by atoms with Crippen molar-refractivity contribution >= 4 is 0 Å². The van der Waals surface area contributed by atoms with Crippen LogP contribution in [0.25, 0.3) is 0 Å². The Labute approximate surface area is 78.7 Å². The van der Waals surface area contributed by atoms with Gasteiger partial charge in [-0.2, -0.15) is 0 Å². The molecule has 0 aromatic heterocycles. The second-order valence-electron chi connectivity index (χ2n) is 4.32. The zero-order valence-corrected chi connectivity index (χ0v) is 7.91. The maximum atomic E-state index is 9.98. The van der Waals surface area contributed by atoms with Crippen molar-refractivity contribution in [1.29, 1.82) is 0 Å². The summed E-state index contributed by atoms with van der Waals surface area (Å²) in [6.45, 7) is 0.570. The molecule has 13 heavy (non-hydrogen) atoms. The number of aliphatic hydroxyl groups is 2. The van der Waals surface area contributed by atoms with E-state index in [2.05, 4.69) is 0 Å². The molecule has 0 aromatic carbocycles. The van der Waals surface area contributed by atoms with Gasteiger partial charge < -0.3 is 14.9 Å². The highest BCUT2D eigenvalue weighted by atomic mass is 16.5. The summed E-state index contributed by atoms with van der Waals surface area (Å²) in [6.07, 6.45) is 5.03. The molecule has 2 aliphatic rings. The van der Waals surface area contributed by atoms with Gasteiger partial charge in [-0.05, 0) is 12.8 Å². The van der Waals surface area contributed by atoms with Gasteiger partial charge in [-0.25, -0.2) is 0 Å². The zero-order valence-electron chi connectivity index (χ0n) is 7.91. The van der Waals surface area contributed by atoms with Gasteiger partial charge in [0.05, 0.1) is 24.9 Å². The number of aliphatic hydroxyl groups excluding tert-OH is 2. The second-order valence-corrected chi connectivity index (χ2v) is 4.32. The summed E-state index contributed by atoms with van der Waals surface area (Å²) < 4.78 is 5.69. The smallest absolute Gasteiger partial charge is 0.0944 e. The van der Waals surface area contributed by atoms with Crippen molar-refractivity contribution in [3.63, 3.8) is 0 Å². The van der Waals surface area contributed by atoms with Gasteiger partial charge in [0.15, 0.2) is 0 Å². The van der Waals surface area contributed by atoms with Gasteiger partial charge in [-0.15, -0.1) is 0 Å². The first kappa shape index (κ1) is 9.44. The number of ether oxygens (including phenoxy) is 1. The Morgan fingerprint density at radius 1 is 1.23 bits per heavy atom. The average molecular weight is 186 g/mol. The largest absolute Gasteiger partial charge is 0.396 e. The van der Waals surface area contributed by atoms with Gasteiger partial charge in [-0.3, -0.25) is 0 Å². The van der Waals surface area contributed by atoms with Crippen molar-refractivity contribution in [1.82, 2.24) is 0 Å². The van der Waals surface area contributed by atoms with Gasteiger partial charge in [-0.1, -0.05) is 19.3 Å². The van der Waals surface area contributed by atoms with Crippen molar-refractivity contribution in [3.05, 3.63) is 0 Å². The van der Waals surface area contributed by atoms with Crippen LogP contribution < -0.4 is 0 Å². The van der Waals surface area contributed by atoms with E-state index < -0.39 is 6.10 Å². The fraction of sp³-hybridized carbons (Fsp3) is 1.00. The SMILES string of the molecule is OC[C@@H]1COC2(CCCCC2)[C@H]1O. The van der Waals surface area contributed by atoms with Crippen LogP contribution in [0.3, 0.4) is 0 Å². The van der Waals surface area contributed by atoms with E-state index in [9.17, 15) is 5.11 Å². The van der Waals surface area contributed by atoms with Crippen LogP contribution in [-0.4, -0.2) is 35.1 Å². The van der Waals surface area contributed by atoms with Gasteiger partial charge in [0.2, 0.25) is 0 Å². The minimum Gasteiger partial charge on any atom is -0.396 e. The predicted molar refractivity (Wildman–Crippen MR) is 48.4 cm³/mol. The Hall–Kier alpha value is -0.120. The van der Waals surface area contributed by atoms with Crippen LogP contribution in [0.15, 0.2) is 0 Å². The molecule has 3 heteroatoms. The molecule has 1 spiro atoms. The van der Waals surface area contributed by atoms with Crippen molar-refractivity contribution < 1.29 is 14.9 Å². The highest BCUT2D eigenvalue weighted by Gasteiger charge is 2.48. The standard InChI is InChI=1S/C10H18O3/c11-6-8-7-13-10(9(8)12)4-2-1-3-5-10/h8-9,11-12H,1-7H2/t8-,9+/m1/s1. The van der Waals surface area contributed by atoms with Gasteiger partial charge >= 0.3 is 0 Å². The zero-order chi connectivity index (χ0) is 9.31. The van der Waals surface area contributed by atoms with Gasteiger partial charge in [0.25, 0.3) is 0 Å². The molecule has 1 aliphatic carbocycles. The van der Waals surface area contributed by atoms with Crippen molar-refractivity contribution in [3.8, 4) is 0 Å². The first-order valence-electron chi connectivity index (χ1n) is 5.21. The fourth-order valence-corrected chi connectivity index (χ4v) is 2.62. The number of hydrogen-bond acceptors (Lipinski definition) is 3. The Morgan fingerprint density at radius 2 is 1.92 bits per heavy atom. The maximum Gasteiger partial charge on any atom is 0.0944 e. The topological polar surface area (TPSA) is 49.7 Å². The molecule has 2 N–H and O–H groups in total. The highest BCUT2D eigenvalue weighted by Crippen LogP contribution is 2.41. The highest BCUT2D eigenvalue weighted by molar-refractivity contribution is 4.98. The minimum absolute atomic E-state index is 0.0446. The lowest BCUT2D eigenvalue weighted by molar-refractivity contribution is -0.0837. The number of rotatable bonds is 1. The van der Waals surface area contributed by atoms with E-state index in [0.29, 0.717) is 6.61 Å². The summed E-state index contributed by atoms with van der Waals surface area (Å²) in [4.78, 5) is 0. The third-order valence-electron chi connectivity index (χ3n) is 3.50. The third kappa shape index (κ3) is 1.49. The normalized spacial score (nSPS) is 38.3. The molecule has 1 saturated heterocycles. The predicted octanol–water partition coefficient (Wildman–Crippen LogP) is 0.689. The number of hydrogen-bond donors (Lipinski definition) is 2. The minimum atomic E-state index is -0.446. The molecule has 2 rings (SSSR count). The molecule has 3 nitrogen and oxygen atoms in total. The van der Waals surface area contributed by atoms with E-state index in [-0.39, 0.29) is 18.1 Å². The molecule has 2 atom stereocenters. The molecular formula is C10H18O3. The molecule has 76 valence electrons. The van der Waals surface area contributed by atoms with Crippen LogP contribution in [-0.2, 0) is 4.74 Å². The van der Waals surface area contributed by atoms with Gasteiger partial charge in [0, 0.05) is 5.92 Å². The summed E-state index contributed by atoms with van der Waals surface area (Å²) in [5.74, 6) is -0.0573. The lowest BCUT2D eigenvalue weighted by Gasteiger charge is -2.35. The summed E-state index contributed by atoms with van der Waals surface area (Å²) in [5, 5.41) is 19.0. The van der Waals surface area contributed by atoms with E-state index in [1.54, 1.807) is 0 Å². The molecule has 0 amide bonds.